The van der Waals surface area contributed by atoms with Gasteiger partial charge in [0, 0.05) is 12.1 Å². The van der Waals surface area contributed by atoms with Crippen LogP contribution in [0.2, 0.25) is 0 Å². The molecule has 2 rings (SSSR count). The van der Waals surface area contributed by atoms with Crippen molar-refractivity contribution in [3.8, 4) is 0 Å². The molecular weight excluding hydrogens is 216 g/mol. The lowest BCUT2D eigenvalue weighted by molar-refractivity contribution is 0.254. The van der Waals surface area contributed by atoms with Gasteiger partial charge in [-0.3, -0.25) is 0 Å². The maximum Gasteiger partial charge on any atom is 0.137 e. The minimum atomic E-state index is 0.158. The number of aliphatic hydroxyl groups is 1. The summed E-state index contributed by atoms with van der Waals surface area (Å²) in [6.07, 6.45) is 6.03. The third-order valence-electron chi connectivity index (χ3n) is 3.46. The predicted molar refractivity (Wildman–Crippen MR) is 67.9 cm³/mol. The Kier molecular flexibility index (Phi) is 3.78. The fraction of sp³-hybridized carbons (Fsp3) is 0.667. The summed E-state index contributed by atoms with van der Waals surface area (Å²) < 4.78 is 0. The summed E-state index contributed by atoms with van der Waals surface area (Å²) in [5, 5.41) is 9.49. The van der Waals surface area contributed by atoms with Crippen molar-refractivity contribution in [1.82, 2.24) is 9.97 Å². The van der Waals surface area contributed by atoms with E-state index in [1.165, 1.54) is 19.2 Å². The number of hydrogen-bond donors (Lipinski definition) is 2. The second kappa shape index (κ2) is 5.31. The normalized spacial score (nSPS) is 21.3. The van der Waals surface area contributed by atoms with Crippen LogP contribution in [0, 0.1) is 6.92 Å². The number of aromatic nitrogens is 2. The Morgan fingerprint density at radius 1 is 1.41 bits per heavy atom. The third-order valence-corrected chi connectivity index (χ3v) is 3.46. The Hall–Kier alpha value is -1.36. The van der Waals surface area contributed by atoms with E-state index in [0.717, 1.165) is 30.8 Å². The van der Waals surface area contributed by atoms with E-state index in [0.29, 0.717) is 5.82 Å². The molecule has 1 aliphatic rings. The smallest absolute Gasteiger partial charge is 0.137 e. The monoisotopic (exact) mass is 236 g/mol. The second-order valence-electron chi connectivity index (χ2n) is 4.59. The summed E-state index contributed by atoms with van der Waals surface area (Å²) in [5.41, 5.74) is 6.72. The summed E-state index contributed by atoms with van der Waals surface area (Å²) in [7, 11) is 0. The van der Waals surface area contributed by atoms with Crippen molar-refractivity contribution < 1.29 is 5.11 Å². The van der Waals surface area contributed by atoms with Gasteiger partial charge in [-0.15, -0.1) is 0 Å². The van der Waals surface area contributed by atoms with Gasteiger partial charge in [-0.1, -0.05) is 12.8 Å². The molecule has 94 valence electrons. The van der Waals surface area contributed by atoms with Crippen LogP contribution in [0.4, 0.5) is 11.6 Å². The number of rotatable bonds is 2. The average molecular weight is 236 g/mol. The minimum absolute atomic E-state index is 0.158. The van der Waals surface area contributed by atoms with Crippen molar-refractivity contribution in [2.24, 2.45) is 0 Å². The van der Waals surface area contributed by atoms with E-state index in [-0.39, 0.29) is 12.6 Å². The summed E-state index contributed by atoms with van der Waals surface area (Å²) in [4.78, 5) is 10.5. The minimum Gasteiger partial charge on any atom is -0.394 e. The Bertz CT molecular complexity index is 383. The molecule has 5 nitrogen and oxygen atoms in total. The van der Waals surface area contributed by atoms with E-state index in [9.17, 15) is 5.11 Å². The third kappa shape index (κ3) is 2.49. The van der Waals surface area contributed by atoms with Gasteiger partial charge in [0.1, 0.15) is 18.0 Å². The van der Waals surface area contributed by atoms with Gasteiger partial charge in [-0.25, -0.2) is 9.97 Å². The number of anilines is 2. The Morgan fingerprint density at radius 3 is 3.00 bits per heavy atom. The van der Waals surface area contributed by atoms with Crippen molar-refractivity contribution in [1.29, 1.82) is 0 Å². The van der Waals surface area contributed by atoms with Gasteiger partial charge >= 0.3 is 0 Å². The van der Waals surface area contributed by atoms with E-state index in [1.807, 2.05) is 6.92 Å². The Labute approximate surface area is 102 Å². The van der Waals surface area contributed by atoms with E-state index in [4.69, 9.17) is 5.73 Å². The van der Waals surface area contributed by atoms with Crippen LogP contribution in [0.3, 0.4) is 0 Å². The molecule has 1 aromatic rings. The van der Waals surface area contributed by atoms with E-state index >= 15 is 0 Å². The van der Waals surface area contributed by atoms with Crippen molar-refractivity contribution in [3.05, 3.63) is 11.9 Å². The first-order valence-electron chi connectivity index (χ1n) is 6.18. The van der Waals surface area contributed by atoms with Gasteiger partial charge in [0.2, 0.25) is 0 Å². The number of aliphatic hydroxyl groups excluding tert-OH is 1. The van der Waals surface area contributed by atoms with Gasteiger partial charge in [-0.2, -0.15) is 0 Å². The molecule has 3 N–H and O–H groups in total. The van der Waals surface area contributed by atoms with Crippen molar-refractivity contribution in [2.45, 2.75) is 38.6 Å². The van der Waals surface area contributed by atoms with Crippen molar-refractivity contribution in [2.75, 3.05) is 23.8 Å². The molecule has 0 aromatic carbocycles. The van der Waals surface area contributed by atoms with Crippen LogP contribution in [-0.4, -0.2) is 34.3 Å². The average Bonchev–Trinajstić information content (AvgIpc) is 2.57. The maximum atomic E-state index is 9.49. The molecule has 1 fully saturated rings. The highest BCUT2D eigenvalue weighted by atomic mass is 16.3. The molecular formula is C12H20N4O. The zero-order valence-corrected chi connectivity index (χ0v) is 10.3. The van der Waals surface area contributed by atoms with Crippen LogP contribution >= 0.6 is 0 Å². The van der Waals surface area contributed by atoms with Gasteiger partial charge in [0.25, 0.3) is 0 Å². The van der Waals surface area contributed by atoms with Crippen molar-refractivity contribution in [3.63, 3.8) is 0 Å². The molecule has 5 heteroatoms. The Morgan fingerprint density at radius 2 is 2.24 bits per heavy atom. The van der Waals surface area contributed by atoms with Crippen LogP contribution < -0.4 is 10.6 Å². The first kappa shape index (κ1) is 12.1. The highest BCUT2D eigenvalue weighted by molar-refractivity contribution is 5.56. The molecule has 0 saturated carbocycles. The highest BCUT2D eigenvalue weighted by Crippen LogP contribution is 2.26. The van der Waals surface area contributed by atoms with Gasteiger partial charge in [-0.05, 0) is 19.8 Å². The number of nitrogen functional groups attached to an aromatic ring is 1. The molecule has 17 heavy (non-hydrogen) atoms. The standard InChI is InChI=1S/C12H20N4O/c1-9-11(13)14-8-15-12(9)16-6-4-2-3-5-10(16)7-17/h8,10,17H,2-7H2,1H3,(H2,13,14,15). The Balaban J connectivity index is 2.31. The van der Waals surface area contributed by atoms with Crippen LogP contribution in [0.15, 0.2) is 6.33 Å². The molecule has 0 amide bonds. The zero-order chi connectivity index (χ0) is 12.3. The number of nitrogens with zero attached hydrogens (tertiary/aromatic N) is 3. The fourth-order valence-electron chi connectivity index (χ4n) is 2.39. The van der Waals surface area contributed by atoms with E-state index in [1.54, 1.807) is 0 Å². The van der Waals surface area contributed by atoms with Crippen molar-refractivity contribution >= 4 is 11.6 Å². The molecule has 0 bridgehead atoms. The molecule has 1 unspecified atom stereocenters. The summed E-state index contributed by atoms with van der Waals surface area (Å²) in [6, 6.07) is 0.158. The van der Waals surface area contributed by atoms with Crippen LogP contribution in [0.5, 0.6) is 0 Å². The SMILES string of the molecule is Cc1c(N)ncnc1N1CCCCCC1CO. The molecule has 1 aliphatic heterocycles. The zero-order valence-electron chi connectivity index (χ0n) is 10.3. The van der Waals surface area contributed by atoms with Gasteiger partial charge < -0.3 is 15.7 Å². The quantitative estimate of drug-likeness (QED) is 0.804. The molecule has 0 radical (unpaired) electrons. The summed E-state index contributed by atoms with van der Waals surface area (Å²) >= 11 is 0. The lowest BCUT2D eigenvalue weighted by Gasteiger charge is -2.30. The lowest BCUT2D eigenvalue weighted by atomic mass is 10.1. The van der Waals surface area contributed by atoms with Crippen LogP contribution in [0.25, 0.3) is 0 Å². The first-order chi connectivity index (χ1) is 8.24. The fourth-order valence-corrected chi connectivity index (χ4v) is 2.39. The summed E-state index contributed by atoms with van der Waals surface area (Å²) in [6.45, 7) is 3.04. The van der Waals surface area contributed by atoms with E-state index in [2.05, 4.69) is 14.9 Å². The summed E-state index contributed by atoms with van der Waals surface area (Å²) in [5.74, 6) is 1.40. The first-order valence-corrected chi connectivity index (χ1v) is 6.18. The maximum absolute atomic E-state index is 9.49. The highest BCUT2D eigenvalue weighted by Gasteiger charge is 2.23. The largest absolute Gasteiger partial charge is 0.394 e. The second-order valence-corrected chi connectivity index (χ2v) is 4.59. The number of nitrogens with two attached hydrogens (primary N) is 1. The molecule has 0 aliphatic carbocycles. The van der Waals surface area contributed by atoms with Gasteiger partial charge in [0.05, 0.1) is 12.6 Å². The predicted octanol–water partition coefficient (Wildman–Crippen LogP) is 1.11. The van der Waals surface area contributed by atoms with Crippen LogP contribution in [0.1, 0.15) is 31.2 Å². The van der Waals surface area contributed by atoms with E-state index < -0.39 is 0 Å². The molecule has 1 atom stereocenters. The van der Waals surface area contributed by atoms with Gasteiger partial charge in [0.15, 0.2) is 0 Å². The van der Waals surface area contributed by atoms with Crippen LogP contribution in [-0.2, 0) is 0 Å². The molecule has 0 spiro atoms. The molecule has 1 aromatic heterocycles. The topological polar surface area (TPSA) is 75.3 Å². The lowest BCUT2D eigenvalue weighted by Crippen LogP contribution is -2.38. The molecule has 1 saturated heterocycles. The number of hydrogen-bond acceptors (Lipinski definition) is 5. The molecule has 2 heterocycles.